The topological polar surface area (TPSA) is 29.5 Å². The van der Waals surface area contributed by atoms with Gasteiger partial charge in [0.15, 0.2) is 0 Å². The Morgan fingerprint density at radius 3 is 1.91 bits per heavy atom. The summed E-state index contributed by atoms with van der Waals surface area (Å²) in [6.45, 7) is 1.66. The van der Waals surface area contributed by atoms with Gasteiger partial charge in [-0.25, -0.2) is 0 Å². The summed E-state index contributed by atoms with van der Waals surface area (Å²) >= 11 is 0. The number of ether oxygens (including phenoxy) is 1. The highest BCUT2D eigenvalue weighted by Crippen LogP contribution is 2.61. The minimum absolute atomic E-state index is 0.102. The van der Waals surface area contributed by atoms with Crippen LogP contribution in [-0.4, -0.2) is 43.0 Å². The molecule has 122 valence electrons. The monoisotopic (exact) mass is 303 g/mol. The molecule has 0 amide bonds. The average Bonchev–Trinajstić information content (AvgIpc) is 2.44. The summed E-state index contributed by atoms with van der Waals surface area (Å²) in [5.41, 5.74) is 0.102. The summed E-state index contributed by atoms with van der Waals surface area (Å²) in [6.07, 6.45) is 10.1. The minimum atomic E-state index is 0.102. The van der Waals surface area contributed by atoms with E-state index in [0.29, 0.717) is 23.8 Å². The first-order valence-corrected chi connectivity index (χ1v) is 9.47. The Hall–Kier alpha value is -0.410. The van der Waals surface area contributed by atoms with E-state index >= 15 is 0 Å². The Balaban J connectivity index is 1.38. The fourth-order valence-corrected chi connectivity index (χ4v) is 7.15. The average molecular weight is 303 g/mol. The molecule has 6 bridgehead atoms. The number of rotatable bonds is 2. The van der Waals surface area contributed by atoms with E-state index < -0.39 is 0 Å². The Labute approximate surface area is 133 Å². The molecule has 4 aliphatic carbocycles. The number of likely N-dealkylation sites (N-methyl/N-ethyl adjacent to an activating group) is 1. The van der Waals surface area contributed by atoms with Gasteiger partial charge in [-0.3, -0.25) is 9.69 Å². The van der Waals surface area contributed by atoms with E-state index in [4.69, 9.17) is 4.74 Å². The first-order chi connectivity index (χ1) is 10.6. The number of ketones is 1. The van der Waals surface area contributed by atoms with Gasteiger partial charge >= 0.3 is 0 Å². The molecule has 0 aromatic rings. The van der Waals surface area contributed by atoms with Crippen LogP contribution in [0, 0.1) is 29.1 Å². The normalized spacial score (nSPS) is 53.7. The maximum atomic E-state index is 13.5. The lowest BCUT2D eigenvalue weighted by molar-refractivity contribution is -0.155. The number of Topliss-reactive ketones (excluding diaryl/α,β-unsaturated/α-hetero) is 1. The second-order valence-corrected chi connectivity index (χ2v) is 9.24. The minimum Gasteiger partial charge on any atom is -0.378 e. The van der Waals surface area contributed by atoms with Crippen LogP contribution >= 0.6 is 0 Å². The van der Waals surface area contributed by atoms with Gasteiger partial charge in [0.1, 0.15) is 5.78 Å². The summed E-state index contributed by atoms with van der Waals surface area (Å²) in [5, 5.41) is 0. The first kappa shape index (κ1) is 14.0. The summed E-state index contributed by atoms with van der Waals surface area (Å²) in [4.78, 5) is 16.0. The molecular weight excluding hydrogens is 274 g/mol. The third-order valence-corrected chi connectivity index (χ3v) is 7.82. The summed E-state index contributed by atoms with van der Waals surface area (Å²) < 4.78 is 5.73. The highest BCUT2D eigenvalue weighted by Gasteiger charge is 2.56. The van der Waals surface area contributed by atoms with Crippen LogP contribution < -0.4 is 0 Å². The lowest BCUT2D eigenvalue weighted by Crippen LogP contribution is -2.58. The number of morpholine rings is 1. The zero-order valence-corrected chi connectivity index (χ0v) is 13.8. The van der Waals surface area contributed by atoms with Crippen molar-refractivity contribution >= 4 is 5.78 Å². The van der Waals surface area contributed by atoms with Gasteiger partial charge in [0.25, 0.3) is 0 Å². The number of piperidine rings is 1. The molecular formula is C19H29NO2. The fourth-order valence-electron chi connectivity index (χ4n) is 7.15. The second kappa shape index (κ2) is 4.80. The van der Waals surface area contributed by atoms with Crippen molar-refractivity contribution in [2.75, 3.05) is 20.3 Å². The van der Waals surface area contributed by atoms with Crippen molar-refractivity contribution in [3.05, 3.63) is 0 Å². The van der Waals surface area contributed by atoms with Gasteiger partial charge in [-0.05, 0) is 76.2 Å². The van der Waals surface area contributed by atoms with Crippen molar-refractivity contribution in [1.29, 1.82) is 0 Å². The number of fused-ring (bicyclic) bond motifs is 2. The van der Waals surface area contributed by atoms with Gasteiger partial charge in [-0.1, -0.05) is 0 Å². The summed E-state index contributed by atoms with van der Waals surface area (Å²) in [5.74, 6) is 3.64. The zero-order chi connectivity index (χ0) is 14.9. The molecule has 2 aliphatic heterocycles. The molecule has 2 saturated heterocycles. The molecule has 6 aliphatic rings. The lowest BCUT2D eigenvalue weighted by Gasteiger charge is -2.57. The largest absolute Gasteiger partial charge is 0.378 e. The van der Waals surface area contributed by atoms with Crippen LogP contribution in [0.3, 0.4) is 0 Å². The molecule has 0 radical (unpaired) electrons. The number of hydrogen-bond acceptors (Lipinski definition) is 3. The summed E-state index contributed by atoms with van der Waals surface area (Å²) in [6, 6.07) is 0.964. The molecule has 3 nitrogen and oxygen atoms in total. The molecule has 3 heteroatoms. The van der Waals surface area contributed by atoms with E-state index in [-0.39, 0.29) is 5.41 Å². The van der Waals surface area contributed by atoms with Gasteiger partial charge < -0.3 is 4.74 Å². The molecule has 0 aromatic heterocycles. The highest BCUT2D eigenvalue weighted by atomic mass is 16.5. The molecule has 6 fully saturated rings. The number of nitrogens with zero attached hydrogens (tertiary/aromatic N) is 1. The van der Waals surface area contributed by atoms with Gasteiger partial charge in [-0.15, -0.1) is 0 Å². The quantitative estimate of drug-likeness (QED) is 0.785. The van der Waals surface area contributed by atoms with E-state index in [1.54, 1.807) is 0 Å². The number of hydrogen-bond donors (Lipinski definition) is 0. The van der Waals surface area contributed by atoms with Gasteiger partial charge in [0.2, 0.25) is 0 Å². The molecule has 22 heavy (non-hydrogen) atoms. The van der Waals surface area contributed by atoms with Crippen molar-refractivity contribution in [1.82, 2.24) is 4.90 Å². The van der Waals surface area contributed by atoms with Crippen molar-refractivity contribution in [3.8, 4) is 0 Å². The highest BCUT2D eigenvalue weighted by molar-refractivity contribution is 5.87. The van der Waals surface area contributed by atoms with Gasteiger partial charge in [0.05, 0.1) is 13.2 Å². The zero-order valence-electron chi connectivity index (χ0n) is 13.8. The number of carbonyl (C=O) groups excluding carboxylic acids is 1. The smallest absolute Gasteiger partial charge is 0.142 e. The predicted octanol–water partition coefficient (Wildman–Crippen LogP) is 2.88. The van der Waals surface area contributed by atoms with Crippen LogP contribution in [0.15, 0.2) is 0 Å². The van der Waals surface area contributed by atoms with E-state index in [1.165, 1.54) is 38.5 Å². The van der Waals surface area contributed by atoms with Gasteiger partial charge in [-0.2, -0.15) is 0 Å². The molecule has 2 atom stereocenters. The fraction of sp³-hybridized carbons (Fsp3) is 0.947. The second-order valence-electron chi connectivity index (χ2n) is 9.24. The van der Waals surface area contributed by atoms with Crippen molar-refractivity contribution < 1.29 is 9.53 Å². The van der Waals surface area contributed by atoms with E-state index in [1.807, 2.05) is 0 Å². The molecule has 0 spiro atoms. The number of carbonyl (C=O) groups is 1. The Morgan fingerprint density at radius 1 is 0.909 bits per heavy atom. The Kier molecular flexibility index (Phi) is 3.05. The Morgan fingerprint density at radius 2 is 1.41 bits per heavy atom. The molecule has 2 unspecified atom stereocenters. The molecule has 4 saturated carbocycles. The van der Waals surface area contributed by atoms with Crippen molar-refractivity contribution in [2.24, 2.45) is 29.1 Å². The van der Waals surface area contributed by atoms with E-state index in [2.05, 4.69) is 11.9 Å². The third kappa shape index (κ3) is 1.97. The van der Waals surface area contributed by atoms with Crippen LogP contribution in [0.5, 0.6) is 0 Å². The maximum Gasteiger partial charge on any atom is 0.142 e. The maximum absolute atomic E-state index is 13.5. The van der Waals surface area contributed by atoms with E-state index in [9.17, 15) is 4.79 Å². The van der Waals surface area contributed by atoms with Crippen LogP contribution in [0.25, 0.3) is 0 Å². The molecule has 6 rings (SSSR count). The standard InChI is InChI=1S/C19H29NO2/c1-20-16-5-15(6-17(20)11-22-10-16)18(21)19-7-12-2-13(8-19)4-14(3-12)9-19/h12-17H,2-11H2,1H3. The van der Waals surface area contributed by atoms with Crippen LogP contribution in [0.2, 0.25) is 0 Å². The van der Waals surface area contributed by atoms with Crippen LogP contribution in [0.1, 0.15) is 51.4 Å². The van der Waals surface area contributed by atoms with Gasteiger partial charge in [0, 0.05) is 23.4 Å². The third-order valence-electron chi connectivity index (χ3n) is 7.82. The lowest BCUT2D eigenvalue weighted by atomic mass is 9.47. The van der Waals surface area contributed by atoms with Crippen LogP contribution in [0.4, 0.5) is 0 Å². The van der Waals surface area contributed by atoms with Crippen molar-refractivity contribution in [2.45, 2.75) is 63.5 Å². The molecule has 2 heterocycles. The van der Waals surface area contributed by atoms with Crippen molar-refractivity contribution in [3.63, 3.8) is 0 Å². The first-order valence-electron chi connectivity index (χ1n) is 9.47. The molecule has 0 N–H and O–H groups in total. The summed E-state index contributed by atoms with van der Waals surface area (Å²) in [7, 11) is 2.23. The van der Waals surface area contributed by atoms with E-state index in [0.717, 1.165) is 43.8 Å². The SMILES string of the molecule is CN1C2COCC1CC(C(=O)C13CC4CC(CC(C4)C1)C3)C2. The predicted molar refractivity (Wildman–Crippen MR) is 84.5 cm³/mol. The Bertz CT molecular complexity index is 439. The van der Waals surface area contributed by atoms with Crippen LogP contribution in [-0.2, 0) is 9.53 Å². The molecule has 0 aromatic carbocycles.